The Morgan fingerprint density at radius 3 is 1.16 bits per heavy atom. The first-order chi connectivity index (χ1) is 27.7. The minimum absolute atomic E-state index is 0.591. The van der Waals surface area contributed by atoms with E-state index in [1.807, 2.05) is 84.9 Å². The maximum atomic E-state index is 5.19. The van der Waals surface area contributed by atoms with Gasteiger partial charge < -0.3 is 0 Å². The second kappa shape index (κ2) is 14.3. The lowest BCUT2D eigenvalue weighted by atomic mass is 10.0. The molecule has 10 rings (SSSR count). The zero-order valence-electron chi connectivity index (χ0n) is 30.2. The molecule has 0 amide bonds. The van der Waals surface area contributed by atoms with Gasteiger partial charge in [0.1, 0.15) is 5.52 Å². The van der Waals surface area contributed by atoms with Crippen LogP contribution in [0.3, 0.4) is 0 Å². The van der Waals surface area contributed by atoms with Crippen LogP contribution in [0.2, 0.25) is 0 Å². The Morgan fingerprint density at radius 1 is 0.232 bits per heavy atom. The fourth-order valence-electron chi connectivity index (χ4n) is 7.05. The molecule has 0 spiro atoms. The molecule has 3 heterocycles. The van der Waals surface area contributed by atoms with Crippen molar-refractivity contribution in [2.75, 3.05) is 0 Å². The quantitative estimate of drug-likeness (QED) is 0.153. The molecular weight excluding hydrogens is 685 g/mol. The van der Waals surface area contributed by atoms with Gasteiger partial charge in [-0.05, 0) is 23.3 Å². The van der Waals surface area contributed by atoms with Crippen LogP contribution in [0.15, 0.2) is 194 Å². The molecule has 0 saturated heterocycles. The molecular formula is C50H32N6. The van der Waals surface area contributed by atoms with Crippen LogP contribution in [0.5, 0.6) is 0 Å². The number of rotatable bonds is 7. The Balaban J connectivity index is 1.09. The van der Waals surface area contributed by atoms with Crippen molar-refractivity contribution in [2.24, 2.45) is 0 Å². The normalized spacial score (nSPS) is 11.2. The molecule has 0 saturated carbocycles. The zero-order valence-corrected chi connectivity index (χ0v) is 30.2. The first-order valence-electron chi connectivity index (χ1n) is 18.5. The Kier molecular flexibility index (Phi) is 8.39. The third-order valence-electron chi connectivity index (χ3n) is 9.96. The van der Waals surface area contributed by atoms with Crippen LogP contribution in [0.1, 0.15) is 0 Å². The Hall–Kier alpha value is -7.70. The van der Waals surface area contributed by atoms with Gasteiger partial charge in [0.05, 0.1) is 16.9 Å². The molecule has 0 radical (unpaired) electrons. The number of pyridine rings is 1. The van der Waals surface area contributed by atoms with E-state index in [4.69, 9.17) is 29.9 Å². The number of benzene rings is 7. The maximum absolute atomic E-state index is 5.19. The van der Waals surface area contributed by atoms with E-state index in [0.29, 0.717) is 23.3 Å². The second-order valence-electron chi connectivity index (χ2n) is 13.6. The van der Waals surface area contributed by atoms with Crippen molar-refractivity contribution in [3.63, 3.8) is 0 Å². The van der Waals surface area contributed by atoms with Crippen LogP contribution in [0, 0.1) is 0 Å². The molecule has 10 aromatic rings. The van der Waals surface area contributed by atoms with Crippen molar-refractivity contribution in [2.45, 2.75) is 0 Å². The largest absolute Gasteiger partial charge is 0.245 e. The van der Waals surface area contributed by atoms with E-state index in [1.54, 1.807) is 0 Å². The van der Waals surface area contributed by atoms with Gasteiger partial charge in [0.2, 0.25) is 0 Å². The van der Waals surface area contributed by atoms with Crippen LogP contribution in [0.4, 0.5) is 0 Å². The average Bonchev–Trinajstić information content (AvgIpc) is 3.29. The second-order valence-corrected chi connectivity index (χ2v) is 13.6. The first-order valence-corrected chi connectivity index (χ1v) is 18.5. The van der Waals surface area contributed by atoms with E-state index >= 15 is 0 Å². The van der Waals surface area contributed by atoms with Gasteiger partial charge in [-0.25, -0.2) is 29.9 Å². The smallest absolute Gasteiger partial charge is 0.164 e. The number of nitrogens with zero attached hydrogens (tertiary/aromatic N) is 6. The molecule has 0 N–H and O–H groups in total. The van der Waals surface area contributed by atoms with E-state index in [9.17, 15) is 0 Å². The van der Waals surface area contributed by atoms with Gasteiger partial charge in [0.25, 0.3) is 0 Å². The molecule has 0 aliphatic heterocycles. The Bertz CT molecular complexity index is 2970. The summed E-state index contributed by atoms with van der Waals surface area (Å²) >= 11 is 0. The summed E-state index contributed by atoms with van der Waals surface area (Å²) in [6.07, 6.45) is 0. The number of hydrogen-bond acceptors (Lipinski definition) is 6. The Morgan fingerprint density at radius 2 is 0.625 bits per heavy atom. The standard InChI is InChI=1S/C50H32N6/c1-5-13-33(14-6-1)34-21-25-40(26-22-34)49-54-48(39-19-11-4-12-20-39)55-50(56-49)41-27-23-36(24-28-41)44-42-31-29-37-30-32-43(35-15-7-2-8-16-35)51-45(37)46(42)53-47(52-44)38-17-9-3-10-18-38/h1-32H. The molecule has 0 atom stereocenters. The van der Waals surface area contributed by atoms with Crippen molar-refractivity contribution < 1.29 is 0 Å². The third kappa shape index (κ3) is 6.35. The summed E-state index contributed by atoms with van der Waals surface area (Å²) in [6, 6.07) is 65.8. The summed E-state index contributed by atoms with van der Waals surface area (Å²) in [5.41, 5.74) is 11.3. The van der Waals surface area contributed by atoms with Gasteiger partial charge in [0, 0.05) is 44.2 Å². The fraction of sp³-hybridized carbons (Fsp3) is 0. The van der Waals surface area contributed by atoms with E-state index in [1.165, 1.54) is 0 Å². The molecule has 56 heavy (non-hydrogen) atoms. The number of hydrogen-bond donors (Lipinski definition) is 0. The highest BCUT2D eigenvalue weighted by molar-refractivity contribution is 6.08. The maximum Gasteiger partial charge on any atom is 0.164 e. The number of fused-ring (bicyclic) bond motifs is 3. The summed E-state index contributed by atoms with van der Waals surface area (Å²) < 4.78 is 0. The van der Waals surface area contributed by atoms with E-state index < -0.39 is 0 Å². The van der Waals surface area contributed by atoms with Gasteiger partial charge in [-0.3, -0.25) is 0 Å². The van der Waals surface area contributed by atoms with Gasteiger partial charge in [-0.15, -0.1) is 0 Å². The van der Waals surface area contributed by atoms with Crippen molar-refractivity contribution in [3.05, 3.63) is 194 Å². The minimum atomic E-state index is 0.591. The van der Waals surface area contributed by atoms with Gasteiger partial charge in [-0.2, -0.15) is 0 Å². The van der Waals surface area contributed by atoms with E-state index in [2.05, 4.69) is 109 Å². The molecule has 0 aliphatic rings. The predicted octanol–water partition coefficient (Wildman–Crippen LogP) is 12.0. The van der Waals surface area contributed by atoms with Crippen molar-refractivity contribution in [1.82, 2.24) is 29.9 Å². The SMILES string of the molecule is c1ccc(-c2ccc(-c3nc(-c4ccccc4)nc(-c4ccc(-c5nc(-c6ccccc6)nc6c5ccc5ccc(-c7ccccc7)nc56)cc4)n3)cc2)cc1. The first kappa shape index (κ1) is 32.9. The zero-order chi connectivity index (χ0) is 37.3. The molecule has 7 aromatic carbocycles. The van der Waals surface area contributed by atoms with Crippen LogP contribution in [-0.2, 0) is 0 Å². The number of aromatic nitrogens is 6. The van der Waals surface area contributed by atoms with Crippen molar-refractivity contribution in [1.29, 1.82) is 0 Å². The highest BCUT2D eigenvalue weighted by Gasteiger charge is 2.17. The molecule has 0 fully saturated rings. The van der Waals surface area contributed by atoms with Crippen LogP contribution in [-0.4, -0.2) is 29.9 Å². The van der Waals surface area contributed by atoms with Gasteiger partial charge >= 0.3 is 0 Å². The van der Waals surface area contributed by atoms with E-state index in [-0.39, 0.29) is 0 Å². The Labute approximate surface area is 324 Å². The van der Waals surface area contributed by atoms with Gasteiger partial charge in [0.15, 0.2) is 23.3 Å². The summed E-state index contributed by atoms with van der Waals surface area (Å²) in [7, 11) is 0. The monoisotopic (exact) mass is 716 g/mol. The summed E-state index contributed by atoms with van der Waals surface area (Å²) in [5.74, 6) is 2.46. The van der Waals surface area contributed by atoms with Crippen molar-refractivity contribution >= 4 is 21.8 Å². The molecule has 3 aromatic heterocycles. The van der Waals surface area contributed by atoms with E-state index in [0.717, 1.165) is 77.7 Å². The van der Waals surface area contributed by atoms with Crippen LogP contribution >= 0.6 is 0 Å². The van der Waals surface area contributed by atoms with Crippen LogP contribution < -0.4 is 0 Å². The molecule has 0 unspecified atom stereocenters. The average molecular weight is 717 g/mol. The fourth-order valence-corrected chi connectivity index (χ4v) is 7.05. The lowest BCUT2D eigenvalue weighted by Crippen LogP contribution is -2.00. The highest BCUT2D eigenvalue weighted by Crippen LogP contribution is 2.35. The predicted molar refractivity (Wildman–Crippen MR) is 226 cm³/mol. The summed E-state index contributed by atoms with van der Waals surface area (Å²) in [5, 5.41) is 1.95. The lowest BCUT2D eigenvalue weighted by Gasteiger charge is -2.13. The highest BCUT2D eigenvalue weighted by atomic mass is 15.0. The molecule has 0 bridgehead atoms. The lowest BCUT2D eigenvalue weighted by molar-refractivity contribution is 1.07. The van der Waals surface area contributed by atoms with Crippen LogP contribution in [0.25, 0.3) is 101 Å². The molecule has 262 valence electrons. The molecule has 6 heteroatoms. The van der Waals surface area contributed by atoms with Crippen molar-refractivity contribution in [3.8, 4) is 79.2 Å². The van der Waals surface area contributed by atoms with Gasteiger partial charge in [-0.1, -0.05) is 182 Å². The minimum Gasteiger partial charge on any atom is -0.245 e. The third-order valence-corrected chi connectivity index (χ3v) is 9.96. The topological polar surface area (TPSA) is 77.3 Å². The molecule has 6 nitrogen and oxygen atoms in total. The molecule has 0 aliphatic carbocycles. The summed E-state index contributed by atoms with van der Waals surface area (Å²) in [6.45, 7) is 0. The summed E-state index contributed by atoms with van der Waals surface area (Å²) in [4.78, 5) is 30.5.